The van der Waals surface area contributed by atoms with Crippen LogP contribution >= 0.6 is 0 Å². The standard InChI is InChI=1S/C17H15N7O/c1-23-19-10-15(21-23)20-16(25)11-24-14-7-3-2-6-13(14)17(22-24)12-5-4-8-18-9-12/h2-10H,11H2,1H3,(H,20,21,25). The first-order valence-corrected chi connectivity index (χ1v) is 7.73. The Morgan fingerprint density at radius 2 is 2.00 bits per heavy atom. The lowest BCUT2D eigenvalue weighted by Crippen LogP contribution is -2.19. The van der Waals surface area contributed by atoms with E-state index >= 15 is 0 Å². The molecule has 1 N–H and O–H groups in total. The molecule has 0 unspecified atom stereocenters. The lowest BCUT2D eigenvalue weighted by Gasteiger charge is -2.03. The van der Waals surface area contributed by atoms with E-state index in [1.807, 2.05) is 36.4 Å². The first kappa shape index (κ1) is 15.0. The van der Waals surface area contributed by atoms with Gasteiger partial charge in [-0.2, -0.15) is 15.0 Å². The van der Waals surface area contributed by atoms with Gasteiger partial charge in [-0.3, -0.25) is 14.5 Å². The van der Waals surface area contributed by atoms with Crippen molar-refractivity contribution in [1.29, 1.82) is 0 Å². The van der Waals surface area contributed by atoms with Gasteiger partial charge in [0, 0.05) is 30.4 Å². The maximum atomic E-state index is 12.3. The third-order valence-electron chi connectivity index (χ3n) is 3.75. The number of pyridine rings is 1. The van der Waals surface area contributed by atoms with Gasteiger partial charge in [0.05, 0.1) is 11.7 Å². The van der Waals surface area contributed by atoms with Crippen molar-refractivity contribution in [3.8, 4) is 11.3 Å². The molecule has 4 rings (SSSR count). The summed E-state index contributed by atoms with van der Waals surface area (Å²) in [6, 6.07) is 11.6. The average molecular weight is 333 g/mol. The highest BCUT2D eigenvalue weighted by Gasteiger charge is 2.14. The van der Waals surface area contributed by atoms with Crippen molar-refractivity contribution in [2.45, 2.75) is 6.54 Å². The summed E-state index contributed by atoms with van der Waals surface area (Å²) in [6.45, 7) is 0.0807. The van der Waals surface area contributed by atoms with Crippen molar-refractivity contribution in [2.24, 2.45) is 7.05 Å². The van der Waals surface area contributed by atoms with Crippen molar-refractivity contribution < 1.29 is 4.79 Å². The number of aryl methyl sites for hydroxylation is 1. The third kappa shape index (κ3) is 2.97. The molecule has 4 aromatic rings. The van der Waals surface area contributed by atoms with Gasteiger partial charge in [0.25, 0.3) is 0 Å². The highest BCUT2D eigenvalue weighted by molar-refractivity contribution is 5.95. The van der Waals surface area contributed by atoms with Crippen LogP contribution in [0.4, 0.5) is 5.82 Å². The normalized spacial score (nSPS) is 10.9. The fourth-order valence-corrected chi connectivity index (χ4v) is 2.69. The molecule has 0 atom stereocenters. The summed E-state index contributed by atoms with van der Waals surface area (Å²) < 4.78 is 1.68. The van der Waals surface area contributed by atoms with Crippen molar-refractivity contribution in [3.05, 3.63) is 55.0 Å². The summed E-state index contributed by atoms with van der Waals surface area (Å²) in [5.41, 5.74) is 2.60. The lowest BCUT2D eigenvalue weighted by atomic mass is 10.1. The summed E-state index contributed by atoms with van der Waals surface area (Å²) in [5.74, 6) is 0.197. The summed E-state index contributed by atoms with van der Waals surface area (Å²) in [7, 11) is 1.69. The molecule has 0 aliphatic carbocycles. The van der Waals surface area contributed by atoms with Gasteiger partial charge in [-0.05, 0) is 18.2 Å². The summed E-state index contributed by atoms with van der Waals surface area (Å²) in [5, 5.41) is 16.3. The smallest absolute Gasteiger partial charge is 0.247 e. The Bertz CT molecular complexity index is 1040. The van der Waals surface area contributed by atoms with Gasteiger partial charge in [-0.15, -0.1) is 5.10 Å². The maximum Gasteiger partial charge on any atom is 0.247 e. The molecule has 3 aromatic heterocycles. The molecule has 25 heavy (non-hydrogen) atoms. The van der Waals surface area contributed by atoms with Gasteiger partial charge in [0.15, 0.2) is 5.82 Å². The van der Waals surface area contributed by atoms with Crippen LogP contribution in [0.25, 0.3) is 22.2 Å². The number of amides is 1. The maximum absolute atomic E-state index is 12.3. The Morgan fingerprint density at radius 1 is 1.12 bits per heavy atom. The number of aromatic nitrogens is 6. The van der Waals surface area contributed by atoms with Crippen LogP contribution in [0.1, 0.15) is 0 Å². The molecule has 3 heterocycles. The van der Waals surface area contributed by atoms with E-state index in [1.165, 1.54) is 11.0 Å². The van der Waals surface area contributed by atoms with E-state index < -0.39 is 0 Å². The second-order valence-corrected chi connectivity index (χ2v) is 5.53. The number of nitrogens with zero attached hydrogens (tertiary/aromatic N) is 6. The molecular formula is C17H15N7O. The number of carbonyl (C=O) groups excluding carboxylic acids is 1. The van der Waals surface area contributed by atoms with Crippen LogP contribution in [0.3, 0.4) is 0 Å². The topological polar surface area (TPSA) is 90.5 Å². The fourth-order valence-electron chi connectivity index (χ4n) is 2.69. The predicted molar refractivity (Wildman–Crippen MR) is 92.6 cm³/mol. The Labute approximate surface area is 143 Å². The van der Waals surface area contributed by atoms with Crippen molar-refractivity contribution in [2.75, 3.05) is 5.32 Å². The molecule has 124 valence electrons. The third-order valence-corrected chi connectivity index (χ3v) is 3.75. The molecule has 0 bridgehead atoms. The van der Waals surface area contributed by atoms with Crippen LogP contribution in [0.15, 0.2) is 55.0 Å². The molecule has 8 heteroatoms. The van der Waals surface area contributed by atoms with E-state index in [2.05, 4.69) is 25.6 Å². The molecule has 0 aliphatic rings. The number of hydrogen-bond donors (Lipinski definition) is 1. The average Bonchev–Trinajstić information content (AvgIpc) is 3.20. The Morgan fingerprint density at radius 3 is 2.76 bits per heavy atom. The number of benzene rings is 1. The molecule has 8 nitrogen and oxygen atoms in total. The van der Waals surface area contributed by atoms with Crippen LogP contribution in [0.2, 0.25) is 0 Å². The summed E-state index contributed by atoms with van der Waals surface area (Å²) in [4.78, 5) is 17.9. The zero-order chi connectivity index (χ0) is 17.2. The fraction of sp³-hybridized carbons (Fsp3) is 0.118. The van der Waals surface area contributed by atoms with E-state index in [1.54, 1.807) is 24.1 Å². The van der Waals surface area contributed by atoms with E-state index in [9.17, 15) is 4.79 Å². The minimum absolute atomic E-state index is 0.0807. The summed E-state index contributed by atoms with van der Waals surface area (Å²) >= 11 is 0. The number of hydrogen-bond acceptors (Lipinski definition) is 5. The molecule has 0 saturated heterocycles. The molecule has 0 spiro atoms. The van der Waals surface area contributed by atoms with Crippen LogP contribution in [-0.2, 0) is 18.4 Å². The Hall–Kier alpha value is -3.55. The molecule has 1 amide bonds. The molecule has 0 aliphatic heterocycles. The highest BCUT2D eigenvalue weighted by atomic mass is 16.2. The van der Waals surface area contributed by atoms with Gasteiger partial charge in [-0.1, -0.05) is 18.2 Å². The van der Waals surface area contributed by atoms with Gasteiger partial charge in [-0.25, -0.2) is 0 Å². The number of carbonyl (C=O) groups is 1. The van der Waals surface area contributed by atoms with Gasteiger partial charge >= 0.3 is 0 Å². The molecule has 0 radical (unpaired) electrons. The minimum atomic E-state index is -0.216. The second-order valence-electron chi connectivity index (χ2n) is 5.53. The van der Waals surface area contributed by atoms with Crippen molar-refractivity contribution in [1.82, 2.24) is 29.8 Å². The van der Waals surface area contributed by atoms with Crippen LogP contribution in [0.5, 0.6) is 0 Å². The zero-order valence-corrected chi connectivity index (χ0v) is 13.5. The number of para-hydroxylation sites is 1. The Kier molecular flexibility index (Phi) is 3.70. The van der Waals surface area contributed by atoms with Crippen LogP contribution < -0.4 is 5.32 Å². The first-order valence-electron chi connectivity index (χ1n) is 7.73. The van der Waals surface area contributed by atoms with E-state index in [-0.39, 0.29) is 12.5 Å². The monoisotopic (exact) mass is 333 g/mol. The van der Waals surface area contributed by atoms with Gasteiger partial charge in [0.1, 0.15) is 12.2 Å². The van der Waals surface area contributed by atoms with Gasteiger partial charge < -0.3 is 5.32 Å². The highest BCUT2D eigenvalue weighted by Crippen LogP contribution is 2.27. The minimum Gasteiger partial charge on any atom is -0.306 e. The molecule has 1 aromatic carbocycles. The Balaban J connectivity index is 1.67. The van der Waals surface area contributed by atoms with Gasteiger partial charge in [0.2, 0.25) is 5.91 Å². The SMILES string of the molecule is Cn1ncc(NC(=O)Cn2nc(-c3cccnc3)c3ccccc32)n1. The molecular weight excluding hydrogens is 318 g/mol. The van der Waals surface area contributed by atoms with E-state index in [4.69, 9.17) is 0 Å². The predicted octanol–water partition coefficient (Wildman–Crippen LogP) is 1.87. The quantitative estimate of drug-likeness (QED) is 0.616. The van der Waals surface area contributed by atoms with Crippen LogP contribution in [-0.4, -0.2) is 35.7 Å². The van der Waals surface area contributed by atoms with E-state index in [0.717, 1.165) is 22.2 Å². The largest absolute Gasteiger partial charge is 0.306 e. The van der Waals surface area contributed by atoms with Crippen molar-refractivity contribution >= 4 is 22.6 Å². The van der Waals surface area contributed by atoms with Crippen molar-refractivity contribution in [3.63, 3.8) is 0 Å². The number of nitrogens with one attached hydrogen (secondary N) is 1. The number of fused-ring (bicyclic) bond motifs is 1. The molecule has 0 fully saturated rings. The summed E-state index contributed by atoms with van der Waals surface area (Å²) in [6.07, 6.45) is 4.98. The zero-order valence-electron chi connectivity index (χ0n) is 13.5. The van der Waals surface area contributed by atoms with Crippen LogP contribution in [0, 0.1) is 0 Å². The van der Waals surface area contributed by atoms with E-state index in [0.29, 0.717) is 5.82 Å². The first-order chi connectivity index (χ1) is 12.2. The molecule has 0 saturated carbocycles. The number of rotatable bonds is 4. The lowest BCUT2D eigenvalue weighted by molar-refractivity contribution is -0.116. The second kappa shape index (κ2) is 6.16. The number of anilines is 1.